The smallest absolute Gasteiger partial charge is 0.227 e. The first-order valence-corrected chi connectivity index (χ1v) is 11.5. The first-order chi connectivity index (χ1) is 17.0. The topological polar surface area (TPSA) is 110 Å². The molecule has 0 spiro atoms. The summed E-state index contributed by atoms with van der Waals surface area (Å²) in [6.45, 7) is 8.13. The Labute approximate surface area is 206 Å². The zero-order chi connectivity index (χ0) is 25.0. The van der Waals surface area contributed by atoms with Crippen LogP contribution in [0.25, 0.3) is 0 Å². The molecule has 2 aliphatic rings. The van der Waals surface area contributed by atoms with E-state index in [1.807, 2.05) is 62.4 Å². The summed E-state index contributed by atoms with van der Waals surface area (Å²) >= 11 is 0. The average molecular weight is 477 g/mol. The molecule has 184 valence electrons. The molecule has 1 aromatic carbocycles. The number of rotatable bonds is 6. The van der Waals surface area contributed by atoms with Gasteiger partial charge in [-0.25, -0.2) is 15.0 Å². The molecule has 1 aliphatic heterocycles. The molecule has 0 saturated heterocycles. The number of hydrazine groups is 1. The third kappa shape index (κ3) is 8.62. The summed E-state index contributed by atoms with van der Waals surface area (Å²) in [5, 5.41) is 2.86. The second kappa shape index (κ2) is 12.9. The van der Waals surface area contributed by atoms with E-state index in [0.29, 0.717) is 30.4 Å². The predicted octanol–water partition coefficient (Wildman–Crippen LogP) is 4.38. The van der Waals surface area contributed by atoms with Crippen molar-refractivity contribution in [3.8, 4) is 11.5 Å². The van der Waals surface area contributed by atoms with Crippen molar-refractivity contribution >= 4 is 23.2 Å². The fraction of sp³-hybridized carbons (Fsp3) is 0.308. The van der Waals surface area contributed by atoms with Gasteiger partial charge in [0.25, 0.3) is 0 Å². The molecule has 35 heavy (non-hydrogen) atoms. The number of carbonyl (C=O) groups excluding carboxylic acids is 1. The van der Waals surface area contributed by atoms with E-state index in [1.165, 1.54) is 0 Å². The van der Waals surface area contributed by atoms with E-state index >= 15 is 0 Å². The van der Waals surface area contributed by atoms with Crippen LogP contribution in [0.2, 0.25) is 0 Å². The molecule has 9 heteroatoms. The molecule has 1 saturated carbocycles. The van der Waals surface area contributed by atoms with Crippen LogP contribution in [0.4, 0.5) is 11.5 Å². The molecule has 2 aromatic rings. The molecule has 9 nitrogen and oxygen atoms in total. The van der Waals surface area contributed by atoms with Gasteiger partial charge in [0.1, 0.15) is 17.4 Å². The van der Waals surface area contributed by atoms with Crippen LogP contribution in [-0.4, -0.2) is 35.4 Å². The molecule has 0 bridgehead atoms. The molecular weight excluding hydrogens is 444 g/mol. The van der Waals surface area contributed by atoms with Gasteiger partial charge in [-0.3, -0.25) is 10.2 Å². The summed E-state index contributed by atoms with van der Waals surface area (Å²) in [5.41, 5.74) is 7.59. The Morgan fingerprint density at radius 3 is 2.69 bits per heavy atom. The lowest BCUT2D eigenvalue weighted by Gasteiger charge is -2.11. The molecule has 0 atom stereocenters. The summed E-state index contributed by atoms with van der Waals surface area (Å²) in [5.74, 6) is 3.63. The molecule has 2 heterocycles. The van der Waals surface area contributed by atoms with Gasteiger partial charge in [0.2, 0.25) is 5.91 Å². The van der Waals surface area contributed by atoms with Crippen molar-refractivity contribution in [1.29, 1.82) is 0 Å². The fourth-order valence-corrected chi connectivity index (χ4v) is 2.93. The van der Waals surface area contributed by atoms with E-state index < -0.39 is 0 Å². The van der Waals surface area contributed by atoms with Crippen molar-refractivity contribution in [3.63, 3.8) is 0 Å². The number of benzene rings is 1. The Balaban J connectivity index is 0.000000211. The summed E-state index contributed by atoms with van der Waals surface area (Å²) in [6.07, 6.45) is 12.1. The summed E-state index contributed by atoms with van der Waals surface area (Å²) in [4.78, 5) is 24.4. The van der Waals surface area contributed by atoms with Gasteiger partial charge >= 0.3 is 0 Å². The minimum absolute atomic E-state index is 0.134. The maximum Gasteiger partial charge on any atom is 0.227 e. The van der Waals surface area contributed by atoms with Gasteiger partial charge in [0.05, 0.1) is 19.9 Å². The normalized spacial score (nSPS) is 17.8. The number of hydrogen-bond donors (Lipinski definition) is 3. The summed E-state index contributed by atoms with van der Waals surface area (Å²) in [7, 11) is 1.62. The first-order valence-electron chi connectivity index (χ1n) is 11.5. The van der Waals surface area contributed by atoms with Crippen molar-refractivity contribution < 1.29 is 14.3 Å². The minimum Gasteiger partial charge on any atom is -0.497 e. The standard InChI is InChI=1S/C15H19N5O.C11H13NO2/c1-4-21-13-10-16-12(3)17-15(13)18-14-9-7-5-6-8-11(2)19-20-14;1-14-10-6-4-9(5-7-10)12-11(13)8-2-3-8/h5-8,10,19H,2,4,9H2,1,3H3,(H,16,17,18,20);4-8H,2-3H2,1H3,(H,12,13)/b7-5-,8-6-;. The first kappa shape index (κ1) is 25.5. The van der Waals surface area contributed by atoms with Crippen LogP contribution in [0.1, 0.15) is 32.0 Å². The van der Waals surface area contributed by atoms with Gasteiger partial charge in [-0.1, -0.05) is 24.8 Å². The third-order valence-electron chi connectivity index (χ3n) is 4.93. The quantitative estimate of drug-likeness (QED) is 0.567. The number of amides is 1. The maximum atomic E-state index is 11.4. The van der Waals surface area contributed by atoms with Gasteiger partial charge in [-0.05, 0) is 57.0 Å². The molecule has 0 unspecified atom stereocenters. The van der Waals surface area contributed by atoms with Gasteiger partial charge in [-0.15, -0.1) is 0 Å². The number of aromatic nitrogens is 2. The van der Waals surface area contributed by atoms with Crippen molar-refractivity contribution in [1.82, 2.24) is 20.8 Å². The molecule has 1 aromatic heterocycles. The molecule has 0 radical (unpaired) electrons. The zero-order valence-corrected chi connectivity index (χ0v) is 20.4. The van der Waals surface area contributed by atoms with Crippen LogP contribution in [0.3, 0.4) is 0 Å². The van der Waals surface area contributed by atoms with Crippen molar-refractivity contribution in [2.75, 3.05) is 19.0 Å². The number of methoxy groups -OCH3 is 1. The monoisotopic (exact) mass is 476 g/mol. The highest BCUT2D eigenvalue weighted by Gasteiger charge is 2.29. The molecule has 4 rings (SSSR count). The van der Waals surface area contributed by atoms with Crippen molar-refractivity contribution in [2.24, 2.45) is 10.9 Å². The van der Waals surface area contributed by atoms with E-state index in [-0.39, 0.29) is 11.8 Å². The largest absolute Gasteiger partial charge is 0.497 e. The van der Waals surface area contributed by atoms with E-state index in [9.17, 15) is 4.79 Å². The number of aryl methyl sites for hydroxylation is 1. The highest BCUT2D eigenvalue weighted by Crippen LogP contribution is 2.30. The number of carbonyl (C=O) groups is 1. The number of allylic oxidation sites excluding steroid dienone is 3. The summed E-state index contributed by atoms with van der Waals surface area (Å²) in [6, 6.07) is 7.36. The predicted molar refractivity (Wildman–Crippen MR) is 138 cm³/mol. The van der Waals surface area contributed by atoms with Gasteiger partial charge in [0.15, 0.2) is 11.6 Å². The second-order valence-corrected chi connectivity index (χ2v) is 7.86. The molecular formula is C26H32N6O3. The van der Waals surface area contributed by atoms with Crippen LogP contribution in [0, 0.1) is 12.8 Å². The maximum absolute atomic E-state index is 11.4. The third-order valence-corrected chi connectivity index (χ3v) is 4.93. The van der Waals surface area contributed by atoms with Crippen LogP contribution in [0.15, 0.2) is 72.0 Å². The second-order valence-electron chi connectivity index (χ2n) is 7.86. The zero-order valence-electron chi connectivity index (χ0n) is 20.4. The Hall–Kier alpha value is -4.14. The van der Waals surface area contributed by atoms with Gasteiger partial charge in [0, 0.05) is 23.7 Å². The fourth-order valence-electron chi connectivity index (χ4n) is 2.93. The minimum atomic E-state index is 0.134. The Kier molecular flexibility index (Phi) is 9.41. The number of ether oxygens (including phenoxy) is 2. The van der Waals surface area contributed by atoms with Crippen LogP contribution in [0.5, 0.6) is 11.5 Å². The Bertz CT molecular complexity index is 1100. The van der Waals surface area contributed by atoms with Crippen molar-refractivity contribution in [3.05, 3.63) is 72.9 Å². The number of aliphatic imine (C=N–C) groups is 1. The van der Waals surface area contributed by atoms with Crippen LogP contribution in [-0.2, 0) is 4.79 Å². The number of nitrogens with one attached hydrogen (secondary N) is 3. The van der Waals surface area contributed by atoms with Crippen LogP contribution < -0.4 is 25.6 Å². The number of anilines is 1. The highest BCUT2D eigenvalue weighted by molar-refractivity contribution is 5.94. The van der Waals surface area contributed by atoms with Gasteiger partial charge in [-0.2, -0.15) is 0 Å². The van der Waals surface area contributed by atoms with E-state index in [0.717, 1.165) is 35.8 Å². The lowest BCUT2D eigenvalue weighted by atomic mass is 10.3. The Morgan fingerprint density at radius 2 is 2.00 bits per heavy atom. The number of nitrogens with zero attached hydrogens (tertiary/aromatic N) is 3. The van der Waals surface area contributed by atoms with Gasteiger partial charge < -0.3 is 20.2 Å². The van der Waals surface area contributed by atoms with Crippen LogP contribution >= 0.6 is 0 Å². The number of amidine groups is 1. The number of hydrogen-bond acceptors (Lipinski definition) is 7. The highest BCUT2D eigenvalue weighted by atomic mass is 16.5. The van der Waals surface area contributed by atoms with E-state index in [4.69, 9.17) is 9.47 Å². The molecule has 3 N–H and O–H groups in total. The lowest BCUT2D eigenvalue weighted by Crippen LogP contribution is -2.35. The van der Waals surface area contributed by atoms with E-state index in [2.05, 4.69) is 37.7 Å². The molecule has 1 aliphatic carbocycles. The SMILES string of the molecule is C=C1/C=C\C=C/CC(=Nc2nc(C)ncc2OCC)NN1.COc1ccc(NC(=O)C2CC2)cc1. The average Bonchev–Trinajstić information content (AvgIpc) is 3.69. The molecule has 1 fully saturated rings. The van der Waals surface area contributed by atoms with Crippen molar-refractivity contribution in [2.45, 2.75) is 33.1 Å². The summed E-state index contributed by atoms with van der Waals surface area (Å²) < 4.78 is 10.5. The molecule has 1 amide bonds. The van der Waals surface area contributed by atoms with E-state index in [1.54, 1.807) is 13.3 Å². The lowest BCUT2D eigenvalue weighted by molar-refractivity contribution is -0.117. The Morgan fingerprint density at radius 1 is 1.23 bits per heavy atom.